The van der Waals surface area contributed by atoms with E-state index in [1.807, 2.05) is 43.3 Å². The molecule has 4 heterocycles. The van der Waals surface area contributed by atoms with Gasteiger partial charge in [0.25, 0.3) is 0 Å². The summed E-state index contributed by atoms with van der Waals surface area (Å²) in [5, 5.41) is 23.2. The SMILES string of the molecule is CCc1ncccc1Oc1cc(Sc2ccccn2)cnc1Nc1nc([C@H](O)CO)ns1. The first kappa shape index (κ1) is 22.1. The van der Waals surface area contributed by atoms with Crippen LogP contribution in [0.25, 0.3) is 0 Å². The van der Waals surface area contributed by atoms with Gasteiger partial charge in [-0.3, -0.25) is 4.98 Å². The fourth-order valence-corrected chi connectivity index (χ4v) is 4.08. The number of aliphatic hydroxyl groups excluding tert-OH is 2. The van der Waals surface area contributed by atoms with E-state index in [4.69, 9.17) is 9.84 Å². The maximum absolute atomic E-state index is 9.74. The maximum Gasteiger partial charge on any atom is 0.208 e. The molecule has 3 N–H and O–H groups in total. The molecule has 0 aliphatic carbocycles. The van der Waals surface area contributed by atoms with E-state index in [2.05, 4.69) is 29.6 Å². The van der Waals surface area contributed by atoms with E-state index in [-0.39, 0.29) is 5.82 Å². The van der Waals surface area contributed by atoms with Crippen LogP contribution >= 0.6 is 23.3 Å². The molecule has 9 nitrogen and oxygen atoms in total. The monoisotopic (exact) mass is 468 g/mol. The molecule has 32 heavy (non-hydrogen) atoms. The third kappa shape index (κ3) is 5.37. The van der Waals surface area contributed by atoms with Crippen molar-refractivity contribution in [3.05, 3.63) is 66.5 Å². The Morgan fingerprint density at radius 2 is 2.00 bits per heavy atom. The van der Waals surface area contributed by atoms with E-state index < -0.39 is 12.7 Å². The summed E-state index contributed by atoms with van der Waals surface area (Å²) in [5.74, 6) is 1.69. The zero-order valence-electron chi connectivity index (χ0n) is 17.0. The van der Waals surface area contributed by atoms with Crippen molar-refractivity contribution in [2.45, 2.75) is 29.4 Å². The summed E-state index contributed by atoms with van der Waals surface area (Å²) in [5.41, 5.74) is 0.825. The third-order valence-corrected chi connectivity index (χ3v) is 5.78. The van der Waals surface area contributed by atoms with E-state index in [1.54, 1.807) is 18.6 Å². The topological polar surface area (TPSA) is 126 Å². The molecule has 4 aromatic rings. The van der Waals surface area contributed by atoms with Crippen LogP contribution in [-0.4, -0.2) is 41.1 Å². The lowest BCUT2D eigenvalue weighted by Gasteiger charge is -2.14. The van der Waals surface area contributed by atoms with Gasteiger partial charge in [0.15, 0.2) is 17.4 Å². The highest BCUT2D eigenvalue weighted by atomic mass is 32.2. The first-order valence-corrected chi connectivity index (χ1v) is 11.4. The molecule has 0 radical (unpaired) electrons. The molecule has 0 unspecified atom stereocenters. The summed E-state index contributed by atoms with van der Waals surface area (Å²) >= 11 is 2.52. The number of aryl methyl sites for hydroxylation is 1. The van der Waals surface area contributed by atoms with Crippen molar-refractivity contribution in [1.82, 2.24) is 24.3 Å². The van der Waals surface area contributed by atoms with Crippen LogP contribution in [0.4, 0.5) is 10.9 Å². The van der Waals surface area contributed by atoms with Gasteiger partial charge in [-0.15, -0.1) is 0 Å². The lowest BCUT2D eigenvalue weighted by atomic mass is 10.2. The first-order chi connectivity index (χ1) is 15.7. The van der Waals surface area contributed by atoms with E-state index in [9.17, 15) is 5.11 Å². The normalized spacial score (nSPS) is 11.8. The predicted octanol–water partition coefficient (Wildman–Crippen LogP) is 4.00. The summed E-state index contributed by atoms with van der Waals surface area (Å²) in [6.45, 7) is 1.55. The highest BCUT2D eigenvalue weighted by molar-refractivity contribution is 7.99. The van der Waals surface area contributed by atoms with Gasteiger partial charge in [-0.2, -0.15) is 4.37 Å². The van der Waals surface area contributed by atoms with E-state index in [0.717, 1.165) is 27.1 Å². The zero-order chi connectivity index (χ0) is 22.3. The van der Waals surface area contributed by atoms with Crippen LogP contribution in [0, 0.1) is 0 Å². The number of aromatic nitrogens is 5. The Morgan fingerprint density at radius 1 is 1.12 bits per heavy atom. The van der Waals surface area contributed by atoms with Crippen LogP contribution < -0.4 is 10.1 Å². The van der Waals surface area contributed by atoms with Gasteiger partial charge in [-0.05, 0) is 30.7 Å². The molecule has 4 rings (SSSR count). The average molecular weight is 469 g/mol. The number of pyridine rings is 3. The number of hydrogen-bond donors (Lipinski definition) is 3. The van der Waals surface area contributed by atoms with E-state index in [0.29, 0.717) is 28.9 Å². The highest BCUT2D eigenvalue weighted by Crippen LogP contribution is 2.36. The molecule has 164 valence electrons. The average Bonchev–Trinajstić information content (AvgIpc) is 3.30. The largest absolute Gasteiger partial charge is 0.452 e. The second-order valence-corrected chi connectivity index (χ2v) is 8.32. The summed E-state index contributed by atoms with van der Waals surface area (Å²) < 4.78 is 10.3. The molecule has 11 heteroatoms. The number of hydrogen-bond acceptors (Lipinski definition) is 11. The van der Waals surface area contributed by atoms with Crippen LogP contribution in [0.3, 0.4) is 0 Å². The molecular weight excluding hydrogens is 448 g/mol. The molecule has 1 atom stereocenters. The van der Waals surface area contributed by atoms with E-state index in [1.165, 1.54) is 11.8 Å². The van der Waals surface area contributed by atoms with Crippen LogP contribution in [-0.2, 0) is 6.42 Å². The van der Waals surface area contributed by atoms with Gasteiger partial charge in [0.2, 0.25) is 5.13 Å². The fourth-order valence-electron chi connectivity index (χ4n) is 2.69. The van der Waals surface area contributed by atoms with Crippen molar-refractivity contribution >= 4 is 34.2 Å². The minimum atomic E-state index is -1.13. The van der Waals surface area contributed by atoms with Crippen LogP contribution in [0.2, 0.25) is 0 Å². The van der Waals surface area contributed by atoms with Crippen LogP contribution in [0.15, 0.2) is 64.9 Å². The Labute approximate surface area is 192 Å². The van der Waals surface area contributed by atoms with Crippen LogP contribution in [0.1, 0.15) is 24.5 Å². The van der Waals surface area contributed by atoms with Gasteiger partial charge < -0.3 is 20.3 Å². The van der Waals surface area contributed by atoms with Gasteiger partial charge in [0.05, 0.1) is 12.3 Å². The van der Waals surface area contributed by atoms with Crippen molar-refractivity contribution in [1.29, 1.82) is 0 Å². The molecule has 0 aromatic carbocycles. The minimum Gasteiger partial charge on any atom is -0.452 e. The molecule has 0 spiro atoms. The summed E-state index contributed by atoms with van der Waals surface area (Å²) in [7, 11) is 0. The van der Waals surface area contributed by atoms with Gasteiger partial charge in [0, 0.05) is 41.1 Å². The summed E-state index contributed by atoms with van der Waals surface area (Å²) in [6.07, 6.45) is 4.76. The van der Waals surface area contributed by atoms with Gasteiger partial charge in [0.1, 0.15) is 16.9 Å². The number of ether oxygens (including phenoxy) is 1. The Hall–Kier alpha value is -3.12. The lowest BCUT2D eigenvalue weighted by Crippen LogP contribution is -2.04. The van der Waals surface area contributed by atoms with E-state index >= 15 is 0 Å². The highest BCUT2D eigenvalue weighted by Gasteiger charge is 2.16. The van der Waals surface area contributed by atoms with Gasteiger partial charge in [-0.25, -0.2) is 15.0 Å². The molecule has 0 fully saturated rings. The zero-order valence-corrected chi connectivity index (χ0v) is 18.7. The first-order valence-electron chi connectivity index (χ1n) is 9.76. The third-order valence-electron chi connectivity index (χ3n) is 4.23. The number of aliphatic hydroxyl groups is 2. The van der Waals surface area contributed by atoms with Gasteiger partial charge in [-0.1, -0.05) is 24.8 Å². The van der Waals surface area contributed by atoms with Crippen molar-refractivity contribution < 1.29 is 14.9 Å². The quantitative estimate of drug-likeness (QED) is 0.332. The minimum absolute atomic E-state index is 0.144. The molecule has 0 aliphatic heterocycles. The standard InChI is InChI=1S/C21H20N6O3S2/c1-2-14-16(6-5-9-22-14)30-17-10-13(31-18-7-3-4-8-23-18)11-24-20(17)26-21-25-19(27-32-21)15(29)12-28/h3-11,15,28-29H,2,12H2,1H3,(H,24,25,26,27)/t15-/m1/s1. The Bertz CT molecular complexity index is 1180. The Balaban J connectivity index is 1.65. The fraction of sp³-hybridized carbons (Fsp3) is 0.190. The maximum atomic E-state index is 9.74. The number of rotatable bonds is 9. The Kier molecular flexibility index (Phi) is 7.22. The number of nitrogens with zero attached hydrogens (tertiary/aromatic N) is 5. The Morgan fingerprint density at radius 3 is 2.78 bits per heavy atom. The second kappa shape index (κ2) is 10.5. The summed E-state index contributed by atoms with van der Waals surface area (Å²) in [6, 6.07) is 11.2. The van der Waals surface area contributed by atoms with Crippen molar-refractivity contribution in [3.63, 3.8) is 0 Å². The summed E-state index contributed by atoms with van der Waals surface area (Å²) in [4.78, 5) is 18.3. The molecule has 0 saturated heterocycles. The van der Waals surface area contributed by atoms with Crippen molar-refractivity contribution in [3.8, 4) is 11.5 Å². The number of nitrogens with one attached hydrogen (secondary N) is 1. The molecule has 0 saturated carbocycles. The van der Waals surface area contributed by atoms with Crippen LogP contribution in [0.5, 0.6) is 11.5 Å². The predicted molar refractivity (Wildman–Crippen MR) is 122 cm³/mol. The molecule has 0 amide bonds. The molecular formula is C21H20N6O3S2. The van der Waals surface area contributed by atoms with Crippen molar-refractivity contribution in [2.75, 3.05) is 11.9 Å². The molecule has 0 aliphatic rings. The van der Waals surface area contributed by atoms with Crippen molar-refractivity contribution in [2.24, 2.45) is 0 Å². The molecule has 0 bridgehead atoms. The number of anilines is 2. The smallest absolute Gasteiger partial charge is 0.208 e. The van der Waals surface area contributed by atoms with Gasteiger partial charge >= 0.3 is 0 Å². The second-order valence-electron chi connectivity index (χ2n) is 6.47. The molecule has 4 aromatic heterocycles. The lowest BCUT2D eigenvalue weighted by molar-refractivity contribution is 0.0897.